The molecule has 0 aromatic carbocycles. The van der Waals surface area contributed by atoms with Gasteiger partial charge in [-0.25, -0.2) is 4.39 Å². The molecule has 1 aromatic rings. The zero-order valence-electron chi connectivity index (χ0n) is 9.68. The van der Waals surface area contributed by atoms with Crippen LogP contribution in [0.4, 0.5) is 4.39 Å². The van der Waals surface area contributed by atoms with Gasteiger partial charge in [0, 0.05) is 11.6 Å². The van der Waals surface area contributed by atoms with Gasteiger partial charge in [-0.2, -0.15) is 0 Å². The second-order valence-corrected chi connectivity index (χ2v) is 4.69. The number of aryl methyl sites for hydroxylation is 1. The topological polar surface area (TPSA) is 12.9 Å². The van der Waals surface area contributed by atoms with Crippen molar-refractivity contribution in [1.82, 2.24) is 4.98 Å². The fourth-order valence-electron chi connectivity index (χ4n) is 1.81. The first-order valence-electron chi connectivity index (χ1n) is 5.82. The maximum Gasteiger partial charge on any atom is 0.148 e. The monoisotopic (exact) mass is 207 g/mol. The number of nitrogens with zero attached hydrogens (tertiary/aromatic N) is 1. The van der Waals surface area contributed by atoms with E-state index in [4.69, 9.17) is 0 Å². The molecule has 2 heteroatoms. The molecular weight excluding hydrogens is 189 g/mol. The van der Waals surface area contributed by atoms with Crippen LogP contribution in [0.25, 0.3) is 0 Å². The van der Waals surface area contributed by atoms with E-state index >= 15 is 0 Å². The molecule has 15 heavy (non-hydrogen) atoms. The fraction of sp³-hybridized carbons (Fsp3) is 0.615. The van der Waals surface area contributed by atoms with E-state index < -0.39 is 0 Å². The van der Waals surface area contributed by atoms with E-state index in [-0.39, 0.29) is 5.82 Å². The standard InChI is InChI=1S/C13H18FN/c1-4-9-7-11(8(2)3)15-13(12(9)14)10-5-6-10/h7-8,10H,4-6H2,1-3H3. The van der Waals surface area contributed by atoms with Crippen molar-refractivity contribution >= 4 is 0 Å². The summed E-state index contributed by atoms with van der Waals surface area (Å²) in [5.41, 5.74) is 2.59. The SMILES string of the molecule is CCc1cc(C(C)C)nc(C2CC2)c1F. The summed E-state index contributed by atoms with van der Waals surface area (Å²) >= 11 is 0. The van der Waals surface area contributed by atoms with Crippen molar-refractivity contribution in [3.8, 4) is 0 Å². The van der Waals surface area contributed by atoms with E-state index in [0.717, 1.165) is 36.2 Å². The van der Waals surface area contributed by atoms with Crippen LogP contribution >= 0.6 is 0 Å². The minimum atomic E-state index is -0.0515. The Labute approximate surface area is 90.7 Å². The molecule has 1 aliphatic rings. The molecule has 1 saturated carbocycles. The van der Waals surface area contributed by atoms with Gasteiger partial charge < -0.3 is 0 Å². The molecule has 0 atom stereocenters. The highest BCUT2D eigenvalue weighted by Gasteiger charge is 2.29. The quantitative estimate of drug-likeness (QED) is 0.735. The first-order chi connectivity index (χ1) is 7.13. The van der Waals surface area contributed by atoms with Crippen molar-refractivity contribution in [2.24, 2.45) is 0 Å². The molecule has 82 valence electrons. The van der Waals surface area contributed by atoms with E-state index in [9.17, 15) is 4.39 Å². The van der Waals surface area contributed by atoms with Gasteiger partial charge in [0.15, 0.2) is 0 Å². The van der Waals surface area contributed by atoms with Gasteiger partial charge in [-0.05, 0) is 36.8 Å². The number of pyridine rings is 1. The van der Waals surface area contributed by atoms with Gasteiger partial charge in [0.2, 0.25) is 0 Å². The molecule has 1 nitrogen and oxygen atoms in total. The van der Waals surface area contributed by atoms with Crippen LogP contribution in [0.1, 0.15) is 62.4 Å². The van der Waals surface area contributed by atoms with Crippen molar-refractivity contribution in [2.75, 3.05) is 0 Å². The lowest BCUT2D eigenvalue weighted by Crippen LogP contribution is -2.04. The molecule has 0 radical (unpaired) electrons. The molecule has 0 unspecified atom stereocenters. The van der Waals surface area contributed by atoms with Crippen LogP contribution in [0.3, 0.4) is 0 Å². The van der Waals surface area contributed by atoms with Crippen LogP contribution in [0.15, 0.2) is 6.07 Å². The Bertz CT molecular complexity index is 367. The van der Waals surface area contributed by atoms with E-state index in [2.05, 4.69) is 18.8 Å². The largest absolute Gasteiger partial charge is 0.254 e. The van der Waals surface area contributed by atoms with Crippen LogP contribution in [0.2, 0.25) is 0 Å². The first kappa shape index (κ1) is 10.6. The van der Waals surface area contributed by atoms with Gasteiger partial charge in [-0.3, -0.25) is 4.98 Å². The van der Waals surface area contributed by atoms with Gasteiger partial charge >= 0.3 is 0 Å². The predicted octanol–water partition coefficient (Wildman–Crippen LogP) is 3.78. The summed E-state index contributed by atoms with van der Waals surface area (Å²) in [4.78, 5) is 4.47. The Morgan fingerprint density at radius 2 is 2.13 bits per heavy atom. The normalized spacial score (nSPS) is 16.1. The Kier molecular flexibility index (Phi) is 2.76. The lowest BCUT2D eigenvalue weighted by atomic mass is 10.0. The summed E-state index contributed by atoms with van der Waals surface area (Å²) in [5.74, 6) is 0.729. The highest BCUT2D eigenvalue weighted by atomic mass is 19.1. The highest BCUT2D eigenvalue weighted by Crippen LogP contribution is 2.41. The minimum absolute atomic E-state index is 0.0515. The maximum absolute atomic E-state index is 13.9. The van der Waals surface area contributed by atoms with Crippen LogP contribution in [0, 0.1) is 5.82 Å². The number of hydrogen-bond donors (Lipinski definition) is 0. The van der Waals surface area contributed by atoms with Crippen LogP contribution in [-0.2, 0) is 6.42 Å². The van der Waals surface area contributed by atoms with Crippen molar-refractivity contribution in [3.63, 3.8) is 0 Å². The molecular formula is C13H18FN. The maximum atomic E-state index is 13.9. The number of aromatic nitrogens is 1. The lowest BCUT2D eigenvalue weighted by Gasteiger charge is -2.11. The summed E-state index contributed by atoms with van der Waals surface area (Å²) in [7, 11) is 0. The number of halogens is 1. The molecule has 0 aliphatic heterocycles. The smallest absolute Gasteiger partial charge is 0.148 e. The minimum Gasteiger partial charge on any atom is -0.254 e. The molecule has 1 heterocycles. The van der Waals surface area contributed by atoms with Crippen molar-refractivity contribution in [3.05, 3.63) is 28.8 Å². The molecule has 1 aromatic heterocycles. The Morgan fingerprint density at radius 1 is 1.47 bits per heavy atom. The number of rotatable bonds is 3. The summed E-state index contributed by atoms with van der Waals surface area (Å²) in [6, 6.07) is 1.92. The fourth-order valence-corrected chi connectivity index (χ4v) is 1.81. The summed E-state index contributed by atoms with van der Waals surface area (Å²) in [6.45, 7) is 6.21. The Morgan fingerprint density at radius 3 is 2.60 bits per heavy atom. The van der Waals surface area contributed by atoms with E-state index in [0.29, 0.717) is 11.8 Å². The zero-order chi connectivity index (χ0) is 11.0. The summed E-state index contributed by atoms with van der Waals surface area (Å²) < 4.78 is 13.9. The molecule has 2 rings (SSSR count). The van der Waals surface area contributed by atoms with Gasteiger partial charge in [-0.15, -0.1) is 0 Å². The average molecular weight is 207 g/mol. The third-order valence-corrected chi connectivity index (χ3v) is 3.01. The van der Waals surface area contributed by atoms with Crippen molar-refractivity contribution < 1.29 is 4.39 Å². The molecule has 0 bridgehead atoms. The molecule has 0 N–H and O–H groups in total. The first-order valence-corrected chi connectivity index (χ1v) is 5.82. The molecule has 0 spiro atoms. The molecule has 1 aliphatic carbocycles. The second-order valence-electron chi connectivity index (χ2n) is 4.69. The zero-order valence-corrected chi connectivity index (χ0v) is 9.68. The average Bonchev–Trinajstić information content (AvgIpc) is 3.01. The second kappa shape index (κ2) is 3.92. The molecule has 1 fully saturated rings. The highest BCUT2D eigenvalue weighted by molar-refractivity contribution is 5.29. The summed E-state index contributed by atoms with van der Waals surface area (Å²) in [6.07, 6.45) is 2.97. The van der Waals surface area contributed by atoms with Crippen molar-refractivity contribution in [2.45, 2.75) is 51.9 Å². The van der Waals surface area contributed by atoms with Crippen LogP contribution in [-0.4, -0.2) is 4.98 Å². The number of hydrogen-bond acceptors (Lipinski definition) is 1. The predicted molar refractivity (Wildman–Crippen MR) is 59.6 cm³/mol. The lowest BCUT2D eigenvalue weighted by molar-refractivity contribution is 0.579. The van der Waals surface area contributed by atoms with E-state index in [1.807, 2.05) is 13.0 Å². The molecule has 0 saturated heterocycles. The van der Waals surface area contributed by atoms with Crippen molar-refractivity contribution in [1.29, 1.82) is 0 Å². The molecule has 0 amide bonds. The van der Waals surface area contributed by atoms with E-state index in [1.165, 1.54) is 0 Å². The van der Waals surface area contributed by atoms with Crippen LogP contribution < -0.4 is 0 Å². The third-order valence-electron chi connectivity index (χ3n) is 3.01. The Hall–Kier alpha value is -0.920. The summed E-state index contributed by atoms with van der Waals surface area (Å²) in [5, 5.41) is 0. The Balaban J connectivity index is 2.47. The third kappa shape index (κ3) is 2.04. The van der Waals surface area contributed by atoms with Gasteiger partial charge in [0.05, 0.1) is 5.69 Å². The van der Waals surface area contributed by atoms with Crippen LogP contribution in [0.5, 0.6) is 0 Å². The van der Waals surface area contributed by atoms with Gasteiger partial charge in [0.1, 0.15) is 5.82 Å². The van der Waals surface area contributed by atoms with Gasteiger partial charge in [0.25, 0.3) is 0 Å². The van der Waals surface area contributed by atoms with E-state index in [1.54, 1.807) is 0 Å². The van der Waals surface area contributed by atoms with Gasteiger partial charge in [-0.1, -0.05) is 20.8 Å².